The first-order chi connectivity index (χ1) is 9.63. The lowest BCUT2D eigenvalue weighted by atomic mass is 10.1. The van der Waals surface area contributed by atoms with Crippen molar-refractivity contribution < 1.29 is 9.47 Å². The number of nitrogens with zero attached hydrogens (tertiary/aromatic N) is 1. The second kappa shape index (κ2) is 9.34. The van der Waals surface area contributed by atoms with Gasteiger partial charge in [-0.1, -0.05) is 22.0 Å². The summed E-state index contributed by atoms with van der Waals surface area (Å²) in [7, 11) is 5.41. The molecule has 5 heteroatoms. The molecule has 1 N–H and O–H groups in total. The van der Waals surface area contributed by atoms with Crippen molar-refractivity contribution in [1.29, 1.82) is 0 Å². The predicted molar refractivity (Wildman–Crippen MR) is 87.5 cm³/mol. The van der Waals surface area contributed by atoms with Crippen LogP contribution in [0.15, 0.2) is 22.7 Å². The molecule has 1 rings (SSSR count). The Balaban J connectivity index is 2.91. The molecule has 0 aliphatic heterocycles. The highest BCUT2D eigenvalue weighted by Gasteiger charge is 2.15. The summed E-state index contributed by atoms with van der Waals surface area (Å²) in [5, 5.41) is 3.17. The molecule has 0 bridgehead atoms. The number of hydrogen-bond donors (Lipinski definition) is 1. The number of halogens is 1. The van der Waals surface area contributed by atoms with Crippen molar-refractivity contribution in [3.05, 3.63) is 28.2 Å². The van der Waals surface area contributed by atoms with Gasteiger partial charge < -0.3 is 19.7 Å². The van der Waals surface area contributed by atoms with Crippen LogP contribution in [0.1, 0.15) is 12.5 Å². The van der Waals surface area contributed by atoms with E-state index < -0.39 is 0 Å². The zero-order valence-electron chi connectivity index (χ0n) is 12.8. The fourth-order valence-electron chi connectivity index (χ4n) is 2.17. The number of benzene rings is 1. The summed E-state index contributed by atoms with van der Waals surface area (Å²) in [6.07, 6.45) is 0. The van der Waals surface area contributed by atoms with Crippen molar-refractivity contribution in [3.8, 4) is 0 Å². The van der Waals surface area contributed by atoms with Gasteiger partial charge >= 0.3 is 0 Å². The second-order valence-electron chi connectivity index (χ2n) is 4.80. The van der Waals surface area contributed by atoms with Gasteiger partial charge in [0, 0.05) is 43.5 Å². The monoisotopic (exact) mass is 344 g/mol. The first-order valence-electron chi connectivity index (χ1n) is 6.81. The maximum absolute atomic E-state index is 5.27. The largest absolute Gasteiger partial charge is 0.383 e. The quantitative estimate of drug-likeness (QED) is 0.746. The molecule has 0 aromatic heterocycles. The topological polar surface area (TPSA) is 33.7 Å². The van der Waals surface area contributed by atoms with E-state index in [-0.39, 0.29) is 0 Å². The smallest absolute Gasteiger partial charge is 0.0663 e. The van der Waals surface area contributed by atoms with Crippen LogP contribution >= 0.6 is 15.9 Å². The maximum atomic E-state index is 5.27. The highest BCUT2D eigenvalue weighted by Crippen LogP contribution is 2.25. The van der Waals surface area contributed by atoms with Gasteiger partial charge in [-0.05, 0) is 31.7 Å². The van der Waals surface area contributed by atoms with Crippen molar-refractivity contribution >= 4 is 21.6 Å². The third kappa shape index (κ3) is 5.05. The SMILES string of the molecule is CNCc1ccc(N(CCOC)C(C)COC)cc1Br. The van der Waals surface area contributed by atoms with Crippen molar-refractivity contribution in [3.63, 3.8) is 0 Å². The summed E-state index contributed by atoms with van der Waals surface area (Å²) >= 11 is 3.64. The standard InChI is InChI=1S/C15H25BrN2O2/c1-12(11-20-4)18(7-8-19-3)14-6-5-13(10-17-2)15(16)9-14/h5-6,9,12,17H,7-8,10-11H2,1-4H3. The van der Waals surface area contributed by atoms with Crippen LogP contribution in [-0.2, 0) is 16.0 Å². The number of anilines is 1. The van der Waals surface area contributed by atoms with Crippen LogP contribution in [0.4, 0.5) is 5.69 Å². The van der Waals surface area contributed by atoms with Gasteiger partial charge in [-0.2, -0.15) is 0 Å². The number of ether oxygens (including phenoxy) is 2. The number of nitrogens with one attached hydrogen (secondary N) is 1. The molecule has 4 nitrogen and oxygen atoms in total. The molecule has 1 unspecified atom stereocenters. The lowest BCUT2D eigenvalue weighted by molar-refractivity contribution is 0.171. The van der Waals surface area contributed by atoms with E-state index in [1.165, 1.54) is 11.3 Å². The molecule has 0 saturated heterocycles. The molecule has 1 aromatic carbocycles. The summed E-state index contributed by atoms with van der Waals surface area (Å²) in [5.74, 6) is 0. The first kappa shape index (κ1) is 17.4. The molecule has 0 aliphatic carbocycles. The number of rotatable bonds is 9. The van der Waals surface area contributed by atoms with Gasteiger partial charge in [-0.15, -0.1) is 0 Å². The number of methoxy groups -OCH3 is 2. The van der Waals surface area contributed by atoms with Gasteiger partial charge in [0.05, 0.1) is 13.2 Å². The van der Waals surface area contributed by atoms with Crippen LogP contribution in [0.2, 0.25) is 0 Å². The Kier molecular flexibility index (Phi) is 8.14. The average molecular weight is 345 g/mol. The van der Waals surface area contributed by atoms with E-state index in [1.807, 2.05) is 7.05 Å². The summed E-state index contributed by atoms with van der Waals surface area (Å²) < 4.78 is 11.6. The van der Waals surface area contributed by atoms with E-state index in [0.717, 1.165) is 17.6 Å². The van der Waals surface area contributed by atoms with Crippen LogP contribution < -0.4 is 10.2 Å². The summed E-state index contributed by atoms with van der Waals surface area (Å²) in [6, 6.07) is 6.76. The molecule has 0 fully saturated rings. The first-order valence-corrected chi connectivity index (χ1v) is 7.60. The highest BCUT2D eigenvalue weighted by atomic mass is 79.9. The third-order valence-corrected chi connectivity index (χ3v) is 3.95. The van der Waals surface area contributed by atoms with E-state index >= 15 is 0 Å². The minimum absolute atomic E-state index is 0.303. The molecule has 20 heavy (non-hydrogen) atoms. The molecular weight excluding hydrogens is 320 g/mol. The second-order valence-corrected chi connectivity index (χ2v) is 5.65. The molecule has 114 valence electrons. The van der Waals surface area contributed by atoms with Gasteiger partial charge in [-0.25, -0.2) is 0 Å². The molecule has 0 aliphatic rings. The fraction of sp³-hybridized carbons (Fsp3) is 0.600. The fourth-order valence-corrected chi connectivity index (χ4v) is 2.68. The zero-order chi connectivity index (χ0) is 15.0. The lowest BCUT2D eigenvalue weighted by Crippen LogP contribution is -2.38. The van der Waals surface area contributed by atoms with Crippen LogP contribution in [0.3, 0.4) is 0 Å². The Morgan fingerprint density at radius 3 is 2.60 bits per heavy atom. The van der Waals surface area contributed by atoms with E-state index in [9.17, 15) is 0 Å². The minimum Gasteiger partial charge on any atom is -0.383 e. The van der Waals surface area contributed by atoms with Gasteiger partial charge in [0.1, 0.15) is 0 Å². The normalized spacial score (nSPS) is 12.4. The molecule has 0 amide bonds. The summed E-state index contributed by atoms with van der Waals surface area (Å²) in [5.41, 5.74) is 2.43. The number of hydrogen-bond acceptors (Lipinski definition) is 4. The Morgan fingerprint density at radius 1 is 1.30 bits per heavy atom. The summed E-state index contributed by atoms with van der Waals surface area (Å²) in [6.45, 7) is 5.25. The third-order valence-electron chi connectivity index (χ3n) is 3.21. The molecule has 0 heterocycles. The lowest BCUT2D eigenvalue weighted by Gasteiger charge is -2.31. The van der Waals surface area contributed by atoms with Crippen LogP contribution in [0.5, 0.6) is 0 Å². The van der Waals surface area contributed by atoms with Gasteiger partial charge in [0.25, 0.3) is 0 Å². The Labute approximate surface area is 130 Å². The molecule has 0 spiro atoms. The van der Waals surface area contributed by atoms with Gasteiger partial charge in [0.15, 0.2) is 0 Å². The Morgan fingerprint density at radius 2 is 2.05 bits per heavy atom. The van der Waals surface area contributed by atoms with Crippen molar-refractivity contribution in [1.82, 2.24) is 5.32 Å². The minimum atomic E-state index is 0.303. The van der Waals surface area contributed by atoms with E-state index in [1.54, 1.807) is 14.2 Å². The Bertz CT molecular complexity index is 401. The molecule has 0 saturated carbocycles. The van der Waals surface area contributed by atoms with E-state index in [4.69, 9.17) is 9.47 Å². The molecular formula is C15H25BrN2O2. The predicted octanol–water partition coefficient (Wildman–Crippen LogP) is 2.66. The van der Waals surface area contributed by atoms with Crippen molar-refractivity contribution in [2.24, 2.45) is 0 Å². The average Bonchev–Trinajstić information content (AvgIpc) is 2.42. The molecule has 0 radical (unpaired) electrons. The van der Waals surface area contributed by atoms with Crippen molar-refractivity contribution in [2.75, 3.05) is 45.9 Å². The van der Waals surface area contributed by atoms with Gasteiger partial charge in [0.2, 0.25) is 0 Å². The van der Waals surface area contributed by atoms with Crippen LogP contribution in [0.25, 0.3) is 0 Å². The molecule has 1 atom stereocenters. The van der Waals surface area contributed by atoms with Crippen LogP contribution in [-0.4, -0.2) is 47.1 Å². The zero-order valence-corrected chi connectivity index (χ0v) is 14.4. The Hall–Kier alpha value is -0.620. The van der Waals surface area contributed by atoms with E-state index in [0.29, 0.717) is 19.3 Å². The molecule has 1 aromatic rings. The van der Waals surface area contributed by atoms with E-state index in [2.05, 4.69) is 51.3 Å². The summed E-state index contributed by atoms with van der Waals surface area (Å²) in [4.78, 5) is 2.31. The van der Waals surface area contributed by atoms with Gasteiger partial charge in [-0.3, -0.25) is 0 Å². The maximum Gasteiger partial charge on any atom is 0.0663 e. The highest BCUT2D eigenvalue weighted by molar-refractivity contribution is 9.10. The van der Waals surface area contributed by atoms with Crippen molar-refractivity contribution in [2.45, 2.75) is 19.5 Å². The van der Waals surface area contributed by atoms with Crippen LogP contribution in [0, 0.1) is 0 Å².